The van der Waals surface area contributed by atoms with Crippen molar-refractivity contribution in [2.75, 3.05) is 5.32 Å². The molecule has 0 radical (unpaired) electrons. The van der Waals surface area contributed by atoms with Crippen LogP contribution in [0.1, 0.15) is 5.56 Å². The van der Waals surface area contributed by atoms with Gasteiger partial charge in [0, 0.05) is 23.3 Å². The van der Waals surface area contributed by atoms with E-state index in [-0.39, 0.29) is 0 Å². The monoisotopic (exact) mass is 280 g/mol. The minimum absolute atomic E-state index is 0.448. The number of rotatable bonds is 4. The van der Waals surface area contributed by atoms with E-state index in [0.29, 0.717) is 17.3 Å². The van der Waals surface area contributed by atoms with E-state index in [1.807, 2.05) is 12.1 Å². The minimum atomic E-state index is -0.849. The van der Waals surface area contributed by atoms with Crippen LogP contribution in [0.3, 0.4) is 0 Å². The SMILES string of the molecule is O=[N+]([O-])c1cc(NCc2cccc(Cl)c2)ccc1F. The molecule has 0 saturated carbocycles. The Kier molecular flexibility index (Phi) is 3.97. The molecule has 0 aliphatic heterocycles. The predicted molar refractivity (Wildman–Crippen MR) is 71.8 cm³/mol. The van der Waals surface area contributed by atoms with Gasteiger partial charge in [-0.1, -0.05) is 23.7 Å². The molecule has 98 valence electrons. The number of halogens is 2. The number of nitro benzene ring substituents is 1. The molecule has 2 aromatic rings. The summed E-state index contributed by atoms with van der Waals surface area (Å²) in [7, 11) is 0. The third-order valence-electron chi connectivity index (χ3n) is 2.53. The van der Waals surface area contributed by atoms with Gasteiger partial charge in [0.05, 0.1) is 4.92 Å². The highest BCUT2D eigenvalue weighted by molar-refractivity contribution is 6.30. The molecule has 0 unspecified atom stereocenters. The molecule has 0 heterocycles. The van der Waals surface area contributed by atoms with Crippen LogP contribution in [0, 0.1) is 15.9 Å². The van der Waals surface area contributed by atoms with E-state index in [9.17, 15) is 14.5 Å². The quantitative estimate of drug-likeness (QED) is 0.680. The summed E-state index contributed by atoms with van der Waals surface area (Å²) in [6, 6.07) is 10.9. The highest BCUT2D eigenvalue weighted by Gasteiger charge is 2.13. The van der Waals surface area contributed by atoms with Gasteiger partial charge in [-0.05, 0) is 29.8 Å². The topological polar surface area (TPSA) is 55.2 Å². The first kappa shape index (κ1) is 13.3. The third kappa shape index (κ3) is 3.42. The molecule has 2 aromatic carbocycles. The Hall–Kier alpha value is -2.14. The third-order valence-corrected chi connectivity index (χ3v) is 2.76. The van der Waals surface area contributed by atoms with Crippen molar-refractivity contribution in [1.82, 2.24) is 0 Å². The van der Waals surface area contributed by atoms with E-state index >= 15 is 0 Å². The summed E-state index contributed by atoms with van der Waals surface area (Å²) in [5.74, 6) is -0.849. The number of benzene rings is 2. The summed E-state index contributed by atoms with van der Waals surface area (Å²) in [4.78, 5) is 9.86. The number of nitro groups is 1. The molecule has 0 fully saturated rings. The van der Waals surface area contributed by atoms with Gasteiger partial charge in [0.1, 0.15) is 0 Å². The van der Waals surface area contributed by atoms with Gasteiger partial charge in [0.2, 0.25) is 5.82 Å². The van der Waals surface area contributed by atoms with E-state index in [1.165, 1.54) is 12.1 Å². The lowest BCUT2D eigenvalue weighted by Gasteiger charge is -2.07. The second kappa shape index (κ2) is 5.67. The van der Waals surface area contributed by atoms with Crippen molar-refractivity contribution in [3.8, 4) is 0 Å². The Morgan fingerprint density at radius 2 is 2.05 bits per heavy atom. The number of hydrogen-bond donors (Lipinski definition) is 1. The summed E-state index contributed by atoms with van der Waals surface area (Å²) >= 11 is 5.85. The first-order valence-electron chi connectivity index (χ1n) is 5.48. The van der Waals surface area contributed by atoms with Crippen LogP contribution in [-0.4, -0.2) is 4.92 Å². The van der Waals surface area contributed by atoms with Crippen molar-refractivity contribution in [1.29, 1.82) is 0 Å². The van der Waals surface area contributed by atoms with Crippen molar-refractivity contribution >= 4 is 23.0 Å². The van der Waals surface area contributed by atoms with Crippen LogP contribution in [0.4, 0.5) is 15.8 Å². The van der Waals surface area contributed by atoms with E-state index in [1.54, 1.807) is 12.1 Å². The number of nitrogens with one attached hydrogen (secondary N) is 1. The Morgan fingerprint density at radius 3 is 2.74 bits per heavy atom. The van der Waals surface area contributed by atoms with Crippen LogP contribution >= 0.6 is 11.6 Å². The van der Waals surface area contributed by atoms with E-state index in [0.717, 1.165) is 11.6 Å². The van der Waals surface area contributed by atoms with Crippen LogP contribution < -0.4 is 5.32 Å². The summed E-state index contributed by atoms with van der Waals surface area (Å²) in [6.07, 6.45) is 0. The van der Waals surface area contributed by atoms with Crippen LogP contribution in [0.2, 0.25) is 5.02 Å². The molecule has 2 rings (SSSR count). The van der Waals surface area contributed by atoms with Crippen molar-refractivity contribution in [3.05, 3.63) is 69.0 Å². The Labute approximate surface area is 114 Å². The average molecular weight is 281 g/mol. The first-order valence-corrected chi connectivity index (χ1v) is 5.86. The molecule has 0 bridgehead atoms. The molecule has 0 aliphatic rings. The fraction of sp³-hybridized carbons (Fsp3) is 0.0769. The van der Waals surface area contributed by atoms with Crippen molar-refractivity contribution in [3.63, 3.8) is 0 Å². The molecule has 0 aromatic heterocycles. The van der Waals surface area contributed by atoms with E-state index in [2.05, 4.69) is 5.32 Å². The average Bonchev–Trinajstić information content (AvgIpc) is 2.37. The summed E-state index contributed by atoms with van der Waals surface area (Å²) in [6.45, 7) is 0.448. The van der Waals surface area contributed by atoms with Crippen LogP contribution in [-0.2, 0) is 6.54 Å². The molecule has 0 spiro atoms. The minimum Gasteiger partial charge on any atom is -0.381 e. The highest BCUT2D eigenvalue weighted by atomic mass is 35.5. The van der Waals surface area contributed by atoms with Crippen molar-refractivity contribution in [2.24, 2.45) is 0 Å². The first-order chi connectivity index (χ1) is 9.06. The van der Waals surface area contributed by atoms with Crippen LogP contribution in [0.15, 0.2) is 42.5 Å². The second-order valence-corrected chi connectivity index (χ2v) is 4.34. The van der Waals surface area contributed by atoms with Gasteiger partial charge in [-0.2, -0.15) is 4.39 Å². The maximum Gasteiger partial charge on any atom is 0.306 e. The van der Waals surface area contributed by atoms with Gasteiger partial charge < -0.3 is 5.32 Å². The largest absolute Gasteiger partial charge is 0.381 e. The fourth-order valence-electron chi connectivity index (χ4n) is 1.61. The molecule has 6 heteroatoms. The lowest BCUT2D eigenvalue weighted by Crippen LogP contribution is -2.01. The number of nitrogens with zero attached hydrogens (tertiary/aromatic N) is 1. The Balaban J connectivity index is 2.12. The molecular formula is C13H10ClFN2O2. The maximum absolute atomic E-state index is 13.1. The van der Waals surface area contributed by atoms with Gasteiger partial charge in [-0.15, -0.1) is 0 Å². The van der Waals surface area contributed by atoms with Gasteiger partial charge in [-0.3, -0.25) is 10.1 Å². The molecule has 0 amide bonds. The van der Waals surface area contributed by atoms with Crippen LogP contribution in [0.25, 0.3) is 0 Å². The standard InChI is InChI=1S/C13H10ClFN2O2/c14-10-3-1-2-9(6-10)8-16-11-4-5-12(15)13(7-11)17(18)19/h1-7,16H,8H2. The maximum atomic E-state index is 13.1. The lowest BCUT2D eigenvalue weighted by atomic mass is 10.2. The lowest BCUT2D eigenvalue weighted by molar-refractivity contribution is -0.387. The van der Waals surface area contributed by atoms with Gasteiger partial charge in [-0.25, -0.2) is 0 Å². The van der Waals surface area contributed by atoms with Gasteiger partial charge in [0.25, 0.3) is 0 Å². The molecule has 0 atom stereocenters. The van der Waals surface area contributed by atoms with Crippen molar-refractivity contribution < 1.29 is 9.31 Å². The van der Waals surface area contributed by atoms with Gasteiger partial charge in [0.15, 0.2) is 0 Å². The summed E-state index contributed by atoms with van der Waals surface area (Å²) in [5, 5.41) is 14.2. The van der Waals surface area contributed by atoms with E-state index < -0.39 is 16.4 Å². The molecule has 0 aliphatic carbocycles. The zero-order valence-electron chi connectivity index (χ0n) is 9.77. The molecule has 0 saturated heterocycles. The molecular weight excluding hydrogens is 271 g/mol. The van der Waals surface area contributed by atoms with Crippen LogP contribution in [0.5, 0.6) is 0 Å². The van der Waals surface area contributed by atoms with Crippen molar-refractivity contribution in [2.45, 2.75) is 6.54 Å². The smallest absolute Gasteiger partial charge is 0.306 e. The molecule has 1 N–H and O–H groups in total. The fourth-order valence-corrected chi connectivity index (χ4v) is 1.83. The predicted octanol–water partition coefficient (Wildman–Crippen LogP) is 4.00. The second-order valence-electron chi connectivity index (χ2n) is 3.91. The number of anilines is 1. The molecule has 4 nitrogen and oxygen atoms in total. The van der Waals surface area contributed by atoms with Gasteiger partial charge >= 0.3 is 5.69 Å². The zero-order chi connectivity index (χ0) is 13.8. The summed E-state index contributed by atoms with van der Waals surface area (Å²) < 4.78 is 13.1. The molecule has 19 heavy (non-hydrogen) atoms. The number of hydrogen-bond acceptors (Lipinski definition) is 3. The summed E-state index contributed by atoms with van der Waals surface area (Å²) in [5.41, 5.74) is 0.864. The zero-order valence-corrected chi connectivity index (χ0v) is 10.5. The highest BCUT2D eigenvalue weighted by Crippen LogP contribution is 2.22. The normalized spacial score (nSPS) is 10.2. The Morgan fingerprint density at radius 1 is 1.26 bits per heavy atom. The Bertz CT molecular complexity index is 619. The van der Waals surface area contributed by atoms with E-state index in [4.69, 9.17) is 11.6 Å².